The summed E-state index contributed by atoms with van der Waals surface area (Å²) in [6.07, 6.45) is 2.35. The van der Waals surface area contributed by atoms with Gasteiger partial charge in [0, 0.05) is 6.42 Å². The minimum absolute atomic E-state index is 0. The van der Waals surface area contributed by atoms with Crippen LogP contribution < -0.4 is 39.9 Å². The Labute approximate surface area is 265 Å². The number of benzene rings is 5. The van der Waals surface area contributed by atoms with Crippen molar-refractivity contribution in [2.24, 2.45) is 0 Å². The van der Waals surface area contributed by atoms with Gasteiger partial charge >= 0.3 is 0 Å². The molecular weight excluding hydrogens is 654 g/mol. The van der Waals surface area contributed by atoms with Crippen LogP contribution in [0.5, 0.6) is 0 Å². The molecule has 1 aliphatic heterocycles. The zero-order chi connectivity index (χ0) is 26.4. The Bertz CT molecular complexity index is 1350. The van der Waals surface area contributed by atoms with Crippen LogP contribution in [0.15, 0.2) is 152 Å². The molecule has 0 bridgehead atoms. The van der Waals surface area contributed by atoms with Gasteiger partial charge in [-0.2, -0.15) is 0 Å². The van der Waals surface area contributed by atoms with Gasteiger partial charge in [-0.15, -0.1) is 23.5 Å². The Hall–Kier alpha value is -2.04. The molecule has 1 heterocycles. The first-order valence-corrected chi connectivity index (χ1v) is 17.6. The first-order valence-electron chi connectivity index (χ1n) is 13.8. The van der Waals surface area contributed by atoms with E-state index in [1.807, 2.05) is 0 Å². The summed E-state index contributed by atoms with van der Waals surface area (Å²) in [5, 5.41) is 4.35. The van der Waals surface area contributed by atoms with Crippen molar-refractivity contribution in [3.63, 3.8) is 0 Å². The molecule has 1 fully saturated rings. The van der Waals surface area contributed by atoms with Crippen LogP contribution in [0.4, 0.5) is 0 Å². The molecule has 4 heteroatoms. The van der Waals surface area contributed by atoms with E-state index in [0.29, 0.717) is 5.66 Å². The molecule has 40 heavy (non-hydrogen) atoms. The molecule has 0 amide bonds. The van der Waals surface area contributed by atoms with Crippen LogP contribution in [0.25, 0.3) is 0 Å². The summed E-state index contributed by atoms with van der Waals surface area (Å²) in [4.78, 5) is 0. The predicted octanol–water partition coefficient (Wildman–Crippen LogP) is 5.84. The van der Waals surface area contributed by atoms with E-state index >= 15 is 0 Å². The summed E-state index contributed by atoms with van der Waals surface area (Å²) in [5.74, 6) is 2.41. The molecule has 0 aromatic heterocycles. The van der Waals surface area contributed by atoms with E-state index in [4.69, 9.17) is 0 Å². The van der Waals surface area contributed by atoms with Gasteiger partial charge in [-0.1, -0.05) is 115 Å². The Morgan fingerprint density at radius 2 is 0.900 bits per heavy atom. The van der Waals surface area contributed by atoms with Crippen molar-refractivity contribution < 1.29 is 24.0 Å². The van der Waals surface area contributed by atoms with Gasteiger partial charge in [-0.05, 0) is 65.5 Å². The van der Waals surface area contributed by atoms with Gasteiger partial charge in [0.05, 0.1) is 4.08 Å². The summed E-state index contributed by atoms with van der Waals surface area (Å²) in [6, 6.07) is 56.9. The molecule has 5 aromatic carbocycles. The van der Waals surface area contributed by atoms with E-state index in [9.17, 15) is 0 Å². The molecule has 0 spiro atoms. The molecule has 5 aromatic rings. The Morgan fingerprint density at radius 1 is 0.525 bits per heavy atom. The molecule has 0 aliphatic carbocycles. The van der Waals surface area contributed by atoms with Crippen molar-refractivity contribution in [2.75, 3.05) is 11.5 Å². The van der Waals surface area contributed by atoms with Crippen LogP contribution in [-0.4, -0.2) is 11.5 Å². The number of rotatable bonds is 8. The summed E-state index contributed by atoms with van der Waals surface area (Å²) in [5.41, 5.74) is 3.20. The Morgan fingerprint density at radius 3 is 1.32 bits per heavy atom. The largest absolute Gasteiger partial charge is 1.00 e. The lowest BCUT2D eigenvalue weighted by atomic mass is 10.0. The Balaban J connectivity index is 0.00000323. The summed E-state index contributed by atoms with van der Waals surface area (Å²) < 4.78 is 0.00358. The highest BCUT2D eigenvalue weighted by Gasteiger charge is 2.56. The van der Waals surface area contributed by atoms with Crippen LogP contribution in [0, 0.1) is 0 Å². The van der Waals surface area contributed by atoms with Crippen LogP contribution >= 0.6 is 30.8 Å². The molecular formula is C36H34IPS2. The quantitative estimate of drug-likeness (QED) is 0.149. The van der Waals surface area contributed by atoms with E-state index < -0.39 is 7.26 Å². The minimum Gasteiger partial charge on any atom is -1.00 e. The number of thioether (sulfide) groups is 2. The lowest BCUT2D eigenvalue weighted by molar-refractivity contribution is -0.00000736. The van der Waals surface area contributed by atoms with Crippen LogP contribution in [0.1, 0.15) is 29.6 Å². The average Bonchev–Trinajstić information content (AvgIpc) is 3.04. The summed E-state index contributed by atoms with van der Waals surface area (Å²) in [6.45, 7) is 0. The first kappa shape index (κ1) is 29.5. The normalized spacial score (nSPS) is 15.5. The fraction of sp³-hybridized carbons (Fsp3) is 0.167. The Kier molecular flexibility index (Phi) is 10.1. The monoisotopic (exact) mass is 688 g/mol. The maximum absolute atomic E-state index is 2.39. The second-order valence-corrected chi connectivity index (χ2v) is 16.7. The minimum atomic E-state index is -2.14. The van der Waals surface area contributed by atoms with Gasteiger partial charge in [0.25, 0.3) is 0 Å². The summed E-state index contributed by atoms with van der Waals surface area (Å²) >= 11 is 4.34. The highest BCUT2D eigenvalue weighted by Crippen LogP contribution is 2.71. The molecule has 1 atom stereocenters. The van der Waals surface area contributed by atoms with Gasteiger partial charge in [-0.3, -0.25) is 0 Å². The number of hydrogen-bond donors (Lipinski definition) is 0. The van der Waals surface area contributed by atoms with E-state index in [2.05, 4.69) is 175 Å². The fourth-order valence-electron chi connectivity index (χ4n) is 6.05. The smallest absolute Gasteiger partial charge is 0.119 e. The molecule has 0 N–H and O–H groups in total. The molecule has 202 valence electrons. The highest BCUT2D eigenvalue weighted by molar-refractivity contribution is 8.18. The van der Waals surface area contributed by atoms with Gasteiger partial charge in [-0.25, -0.2) is 0 Å². The van der Waals surface area contributed by atoms with Gasteiger partial charge in [0.2, 0.25) is 0 Å². The van der Waals surface area contributed by atoms with E-state index in [-0.39, 0.29) is 28.1 Å². The second-order valence-electron chi connectivity index (χ2n) is 10.0. The van der Waals surface area contributed by atoms with Crippen molar-refractivity contribution in [3.05, 3.63) is 163 Å². The second kappa shape index (κ2) is 13.7. The zero-order valence-corrected chi connectivity index (χ0v) is 27.2. The zero-order valence-electron chi connectivity index (χ0n) is 22.5. The molecule has 6 rings (SSSR count). The van der Waals surface area contributed by atoms with Gasteiger partial charge in [0.1, 0.15) is 28.8 Å². The van der Waals surface area contributed by atoms with E-state index in [0.717, 1.165) is 6.42 Å². The molecule has 0 saturated carbocycles. The first-order chi connectivity index (χ1) is 19.3. The molecule has 1 saturated heterocycles. The van der Waals surface area contributed by atoms with Crippen molar-refractivity contribution in [3.8, 4) is 0 Å². The molecule has 1 aliphatic rings. The fourth-order valence-corrected chi connectivity index (χ4v) is 14.8. The van der Waals surface area contributed by atoms with Crippen LogP contribution in [0.3, 0.4) is 0 Å². The van der Waals surface area contributed by atoms with Crippen molar-refractivity contribution in [2.45, 2.75) is 22.6 Å². The highest BCUT2D eigenvalue weighted by atomic mass is 127. The number of hydrogen-bond acceptors (Lipinski definition) is 2. The molecule has 1 unspecified atom stereocenters. The predicted molar refractivity (Wildman–Crippen MR) is 177 cm³/mol. The van der Waals surface area contributed by atoms with E-state index in [1.54, 1.807) is 0 Å². The third kappa shape index (κ3) is 5.81. The maximum atomic E-state index is 2.39. The third-order valence-electron chi connectivity index (χ3n) is 7.78. The average molecular weight is 689 g/mol. The van der Waals surface area contributed by atoms with Gasteiger partial charge in [0.15, 0.2) is 0 Å². The molecule has 0 radical (unpaired) electrons. The van der Waals surface area contributed by atoms with Crippen molar-refractivity contribution >= 4 is 46.7 Å². The molecule has 0 nitrogen and oxygen atoms in total. The van der Waals surface area contributed by atoms with Crippen LogP contribution in [-0.2, 0) is 4.08 Å². The lowest BCUT2D eigenvalue weighted by Gasteiger charge is -2.43. The topological polar surface area (TPSA) is 0 Å². The SMILES string of the molecule is [I-].c1ccc(C(CC2(c3ccccc3)SCCCS2)[P+](c2ccccc2)(c2ccccc2)c2ccccc2)cc1. The van der Waals surface area contributed by atoms with Gasteiger partial charge < -0.3 is 24.0 Å². The lowest BCUT2D eigenvalue weighted by Crippen LogP contribution is -3.00. The summed E-state index contributed by atoms with van der Waals surface area (Å²) in [7, 11) is -2.14. The standard InChI is InChI=1S/C36H34PS2.HI/c1-6-17-30(18-7-1)35(29-36(38-27-16-28-39-36)31-19-8-2-9-20-31)37(32-21-10-3-11-22-32,33-23-12-4-13-24-33)34-25-14-5-15-26-34;/h1-15,17-26,35H,16,27-29H2;1H/q+1;/p-1. The van der Waals surface area contributed by atoms with Crippen LogP contribution in [0.2, 0.25) is 0 Å². The third-order valence-corrected chi connectivity index (χ3v) is 16.0. The maximum Gasteiger partial charge on any atom is 0.119 e. The van der Waals surface area contributed by atoms with E-state index in [1.165, 1.54) is 45.0 Å². The number of halogens is 1. The van der Waals surface area contributed by atoms with Crippen molar-refractivity contribution in [1.29, 1.82) is 0 Å². The van der Waals surface area contributed by atoms with Crippen molar-refractivity contribution in [1.82, 2.24) is 0 Å².